The molecule has 10 heteroatoms. The molecule has 1 N–H and O–H groups in total. The fourth-order valence-corrected chi connectivity index (χ4v) is 5.56. The normalized spacial score (nSPS) is 15.8. The van der Waals surface area contributed by atoms with E-state index in [1.165, 1.54) is 24.8 Å². The first-order chi connectivity index (χ1) is 19.9. The summed E-state index contributed by atoms with van der Waals surface area (Å²) in [6, 6.07) is 19.9. The minimum Gasteiger partial charge on any atom is -0.465 e. The third kappa shape index (κ3) is 6.66. The predicted octanol–water partition coefficient (Wildman–Crippen LogP) is 4.95. The van der Waals surface area contributed by atoms with Crippen molar-refractivity contribution >= 4 is 34.6 Å². The van der Waals surface area contributed by atoms with E-state index < -0.39 is 16.8 Å². The zero-order valence-electron chi connectivity index (χ0n) is 23.3. The number of piperidine rings is 1. The van der Waals surface area contributed by atoms with Gasteiger partial charge >= 0.3 is 5.97 Å². The molecular weight excluding hydrogens is 522 g/mol. The van der Waals surface area contributed by atoms with Crippen LogP contribution in [0.15, 0.2) is 66.7 Å². The fraction of sp³-hybridized carbons (Fsp3) is 0.355. The molecule has 0 aromatic heterocycles. The molecule has 0 radical (unpaired) electrons. The molecule has 2 heterocycles. The maximum atomic E-state index is 13.8. The third-order valence-electron chi connectivity index (χ3n) is 7.76. The number of hydrogen-bond acceptors (Lipinski definition) is 8. The van der Waals surface area contributed by atoms with E-state index in [2.05, 4.69) is 32.1 Å². The number of hydrogen-bond donors (Lipinski definition) is 1. The number of piperazine rings is 1. The number of esters is 1. The molecule has 0 aliphatic carbocycles. The van der Waals surface area contributed by atoms with Gasteiger partial charge in [-0.15, -0.1) is 0 Å². The maximum absolute atomic E-state index is 13.8. The highest BCUT2D eigenvalue weighted by molar-refractivity contribution is 6.10. The van der Waals surface area contributed by atoms with Gasteiger partial charge in [-0.05, 0) is 49.1 Å². The van der Waals surface area contributed by atoms with Crippen LogP contribution < -0.4 is 15.1 Å². The van der Waals surface area contributed by atoms with Gasteiger partial charge in [-0.25, -0.2) is 4.79 Å². The summed E-state index contributed by atoms with van der Waals surface area (Å²) in [6.07, 6.45) is 3.12. The van der Waals surface area contributed by atoms with E-state index in [4.69, 9.17) is 4.74 Å². The van der Waals surface area contributed by atoms with Gasteiger partial charge in [-0.1, -0.05) is 30.3 Å². The summed E-state index contributed by atoms with van der Waals surface area (Å²) in [7, 11) is 1.31. The predicted molar refractivity (Wildman–Crippen MR) is 159 cm³/mol. The van der Waals surface area contributed by atoms with Crippen molar-refractivity contribution in [2.75, 3.05) is 61.5 Å². The number of carbonyl (C=O) groups is 2. The number of rotatable bonds is 8. The lowest BCUT2D eigenvalue weighted by Gasteiger charge is -2.37. The van der Waals surface area contributed by atoms with Crippen LogP contribution in [0.25, 0.3) is 0 Å². The second-order valence-electron chi connectivity index (χ2n) is 10.4. The van der Waals surface area contributed by atoms with Crippen molar-refractivity contribution in [2.24, 2.45) is 0 Å². The van der Waals surface area contributed by atoms with Crippen molar-refractivity contribution in [3.8, 4) is 0 Å². The highest BCUT2D eigenvalue weighted by Crippen LogP contribution is 2.32. The van der Waals surface area contributed by atoms with Crippen LogP contribution in [-0.2, 0) is 11.3 Å². The molecule has 3 aromatic carbocycles. The Morgan fingerprint density at radius 2 is 1.54 bits per heavy atom. The highest BCUT2D eigenvalue weighted by Gasteiger charge is 2.25. The molecule has 41 heavy (non-hydrogen) atoms. The number of carbonyl (C=O) groups excluding carboxylic acids is 2. The van der Waals surface area contributed by atoms with Crippen molar-refractivity contribution in [1.82, 2.24) is 4.90 Å². The Kier molecular flexibility index (Phi) is 8.79. The van der Waals surface area contributed by atoms with E-state index in [9.17, 15) is 19.7 Å². The Morgan fingerprint density at radius 3 is 2.22 bits per heavy atom. The van der Waals surface area contributed by atoms with Crippen molar-refractivity contribution in [3.05, 3.63) is 93.5 Å². The number of ether oxygens (including phenoxy) is 1. The molecule has 0 saturated carbocycles. The number of methoxy groups -OCH3 is 1. The van der Waals surface area contributed by atoms with E-state index in [0.717, 1.165) is 70.8 Å². The van der Waals surface area contributed by atoms with Crippen LogP contribution in [0.4, 0.5) is 22.7 Å². The molecule has 3 aromatic rings. The lowest BCUT2D eigenvalue weighted by Crippen LogP contribution is -2.46. The van der Waals surface area contributed by atoms with Crippen LogP contribution in [0.3, 0.4) is 0 Å². The summed E-state index contributed by atoms with van der Waals surface area (Å²) in [4.78, 5) is 43.9. The Bertz CT molecular complexity index is 1400. The molecule has 5 rings (SSSR count). The zero-order valence-corrected chi connectivity index (χ0v) is 23.3. The highest BCUT2D eigenvalue weighted by atomic mass is 16.6. The lowest BCUT2D eigenvalue weighted by molar-refractivity contribution is -0.384. The number of nitro groups is 1. The molecule has 1 amide bonds. The fourth-order valence-electron chi connectivity index (χ4n) is 5.56. The first-order valence-electron chi connectivity index (χ1n) is 14.0. The van der Waals surface area contributed by atoms with Gasteiger partial charge in [0.2, 0.25) is 0 Å². The average molecular weight is 558 g/mol. The molecule has 2 aliphatic heterocycles. The number of anilines is 3. The topological polar surface area (TPSA) is 108 Å². The van der Waals surface area contributed by atoms with Crippen LogP contribution >= 0.6 is 0 Å². The Balaban J connectivity index is 1.41. The van der Waals surface area contributed by atoms with Crippen molar-refractivity contribution in [3.63, 3.8) is 0 Å². The van der Waals surface area contributed by atoms with Crippen molar-refractivity contribution < 1.29 is 19.2 Å². The van der Waals surface area contributed by atoms with E-state index in [-0.39, 0.29) is 11.3 Å². The van der Waals surface area contributed by atoms with Gasteiger partial charge in [0.05, 0.1) is 40.2 Å². The minimum atomic E-state index is -0.510. The Morgan fingerprint density at radius 1 is 0.854 bits per heavy atom. The molecule has 214 valence electrons. The minimum absolute atomic E-state index is 0.144. The third-order valence-corrected chi connectivity index (χ3v) is 7.76. The van der Waals surface area contributed by atoms with Gasteiger partial charge < -0.3 is 19.9 Å². The van der Waals surface area contributed by atoms with Gasteiger partial charge in [-0.3, -0.25) is 19.8 Å². The second-order valence-corrected chi connectivity index (χ2v) is 10.4. The van der Waals surface area contributed by atoms with Gasteiger partial charge in [-0.2, -0.15) is 0 Å². The molecular formula is C31H35N5O5. The van der Waals surface area contributed by atoms with Crippen molar-refractivity contribution in [2.45, 2.75) is 25.8 Å². The van der Waals surface area contributed by atoms with Crippen LogP contribution in [0.2, 0.25) is 0 Å². The van der Waals surface area contributed by atoms with Crippen LogP contribution in [0.5, 0.6) is 0 Å². The van der Waals surface area contributed by atoms with Crippen LogP contribution in [0.1, 0.15) is 45.5 Å². The summed E-state index contributed by atoms with van der Waals surface area (Å²) < 4.78 is 4.92. The molecule has 0 atom stereocenters. The molecule has 2 fully saturated rings. The number of nitrogens with zero attached hydrogens (tertiary/aromatic N) is 4. The van der Waals surface area contributed by atoms with E-state index in [1.807, 2.05) is 24.3 Å². The van der Waals surface area contributed by atoms with Gasteiger partial charge in [0.1, 0.15) is 0 Å². The average Bonchev–Trinajstić information content (AvgIpc) is 3.01. The summed E-state index contributed by atoms with van der Waals surface area (Å²) in [5, 5.41) is 14.6. The Hall–Kier alpha value is -4.44. The smallest absolute Gasteiger partial charge is 0.337 e. The van der Waals surface area contributed by atoms with Gasteiger partial charge in [0.15, 0.2) is 0 Å². The number of nitrogens with one attached hydrogen (secondary N) is 1. The van der Waals surface area contributed by atoms with E-state index in [0.29, 0.717) is 16.9 Å². The number of nitro benzene ring substituents is 1. The van der Waals surface area contributed by atoms with E-state index in [1.54, 1.807) is 18.2 Å². The largest absolute Gasteiger partial charge is 0.465 e. The van der Waals surface area contributed by atoms with E-state index >= 15 is 0 Å². The molecule has 0 bridgehead atoms. The number of amides is 1. The monoisotopic (exact) mass is 557 g/mol. The molecule has 2 aliphatic rings. The SMILES string of the molecule is COC(=O)c1ccc(N2CCN(Cc3ccccc3)CC2)c(NC(=O)c2cc([N+](=O)[O-])ccc2N2CCCCC2)c1. The Labute approximate surface area is 239 Å². The quantitative estimate of drug-likeness (QED) is 0.236. The summed E-state index contributed by atoms with van der Waals surface area (Å²) in [5.74, 6) is -0.968. The van der Waals surface area contributed by atoms with Gasteiger partial charge in [0, 0.05) is 57.9 Å². The van der Waals surface area contributed by atoms with Gasteiger partial charge in [0.25, 0.3) is 11.6 Å². The molecule has 10 nitrogen and oxygen atoms in total. The standard InChI is InChI=1S/C31H35N5O5/c1-41-31(38)24-10-12-29(35-18-16-33(17-19-35)22-23-8-4-2-5-9-23)27(20-24)32-30(37)26-21-25(36(39)40)11-13-28(26)34-14-6-3-7-15-34/h2,4-5,8-13,20-21H,3,6-7,14-19,22H2,1H3,(H,32,37). The second kappa shape index (κ2) is 12.8. The first-order valence-corrected chi connectivity index (χ1v) is 14.0. The number of non-ortho nitro benzene ring substituents is 1. The molecule has 2 saturated heterocycles. The van der Waals surface area contributed by atoms with Crippen LogP contribution in [0, 0.1) is 10.1 Å². The summed E-state index contributed by atoms with van der Waals surface area (Å²) in [6.45, 7) is 5.59. The van der Waals surface area contributed by atoms with Crippen LogP contribution in [-0.4, -0.2) is 68.1 Å². The lowest BCUT2D eigenvalue weighted by atomic mass is 10.1. The molecule has 0 unspecified atom stereocenters. The van der Waals surface area contributed by atoms with Crippen molar-refractivity contribution in [1.29, 1.82) is 0 Å². The maximum Gasteiger partial charge on any atom is 0.337 e. The summed E-state index contributed by atoms with van der Waals surface area (Å²) >= 11 is 0. The zero-order chi connectivity index (χ0) is 28.8. The summed E-state index contributed by atoms with van der Waals surface area (Å²) in [5.41, 5.74) is 3.59. The number of benzene rings is 3. The molecule has 0 spiro atoms. The first kappa shape index (κ1) is 28.1.